The van der Waals surface area contributed by atoms with Gasteiger partial charge in [0.2, 0.25) is 0 Å². The van der Waals surface area contributed by atoms with Crippen LogP contribution < -0.4 is 0 Å². The van der Waals surface area contributed by atoms with Crippen LogP contribution in [0.2, 0.25) is 0 Å². The van der Waals surface area contributed by atoms with Crippen LogP contribution in [0.25, 0.3) is 99.9 Å². The molecule has 0 fully saturated rings. The molecule has 51 heavy (non-hydrogen) atoms. The number of nitrogens with zero attached hydrogens (tertiary/aromatic N) is 3. The van der Waals surface area contributed by atoms with Crippen molar-refractivity contribution in [3.05, 3.63) is 176 Å². The van der Waals surface area contributed by atoms with E-state index in [1.54, 1.807) is 0 Å². The van der Waals surface area contributed by atoms with Gasteiger partial charge in [0.1, 0.15) is 11.2 Å². The first kappa shape index (κ1) is 29.0. The topological polar surface area (TPSA) is 51.8 Å². The van der Waals surface area contributed by atoms with Crippen molar-refractivity contribution >= 4 is 43.5 Å². The van der Waals surface area contributed by atoms with E-state index in [0.29, 0.717) is 17.5 Å². The summed E-state index contributed by atoms with van der Waals surface area (Å²) in [5, 5.41) is 6.78. The Kier molecular flexibility index (Phi) is 6.78. The van der Waals surface area contributed by atoms with Gasteiger partial charge in [-0.2, -0.15) is 0 Å². The van der Waals surface area contributed by atoms with E-state index in [-0.39, 0.29) is 0 Å². The summed E-state index contributed by atoms with van der Waals surface area (Å²) >= 11 is 0. The molecule has 0 saturated carbocycles. The van der Waals surface area contributed by atoms with E-state index >= 15 is 0 Å². The van der Waals surface area contributed by atoms with Gasteiger partial charge in [0.25, 0.3) is 0 Å². The van der Waals surface area contributed by atoms with Gasteiger partial charge >= 0.3 is 0 Å². The molecule has 0 N–H and O–H groups in total. The Morgan fingerprint density at radius 1 is 0.294 bits per heavy atom. The lowest BCUT2D eigenvalue weighted by atomic mass is 9.91. The van der Waals surface area contributed by atoms with Crippen LogP contribution in [0.3, 0.4) is 0 Å². The second-order valence-electron chi connectivity index (χ2n) is 12.8. The first-order valence-corrected chi connectivity index (χ1v) is 17.1. The minimum absolute atomic E-state index is 0.586. The van der Waals surface area contributed by atoms with Crippen LogP contribution >= 0.6 is 0 Å². The van der Waals surface area contributed by atoms with E-state index in [1.807, 2.05) is 36.4 Å². The van der Waals surface area contributed by atoms with Crippen molar-refractivity contribution in [1.82, 2.24) is 15.0 Å². The van der Waals surface area contributed by atoms with Crippen molar-refractivity contribution in [3.8, 4) is 56.4 Å². The molecule has 0 aliphatic heterocycles. The number of hydrogen-bond donors (Lipinski definition) is 0. The predicted octanol–water partition coefficient (Wildman–Crippen LogP) is 12.4. The summed E-state index contributed by atoms with van der Waals surface area (Å²) in [6.07, 6.45) is 0. The Morgan fingerprint density at radius 2 is 0.902 bits per heavy atom. The smallest absolute Gasteiger partial charge is 0.164 e. The predicted molar refractivity (Wildman–Crippen MR) is 209 cm³/mol. The van der Waals surface area contributed by atoms with Gasteiger partial charge in [0.15, 0.2) is 17.5 Å². The molecule has 0 bridgehead atoms. The highest BCUT2D eigenvalue weighted by atomic mass is 16.3. The van der Waals surface area contributed by atoms with Crippen molar-refractivity contribution in [2.45, 2.75) is 0 Å². The molecule has 0 aliphatic rings. The average Bonchev–Trinajstić information content (AvgIpc) is 3.58. The lowest BCUT2D eigenvalue weighted by Crippen LogP contribution is -2.01. The summed E-state index contributed by atoms with van der Waals surface area (Å²) < 4.78 is 6.43. The maximum absolute atomic E-state index is 6.43. The number of rotatable bonds is 5. The maximum atomic E-state index is 6.43. The van der Waals surface area contributed by atoms with Crippen LogP contribution in [0, 0.1) is 0 Å². The number of furan rings is 1. The third-order valence-corrected chi connectivity index (χ3v) is 9.71. The van der Waals surface area contributed by atoms with Crippen molar-refractivity contribution in [3.63, 3.8) is 0 Å². The average molecular weight is 652 g/mol. The molecule has 0 atom stereocenters. The molecule has 8 aromatic carbocycles. The SMILES string of the molecule is c1ccc(-c2ccc3oc4cc(-c5nc(-c6ccccc6)nc(-c6cc7ccccc7cc6-c6cccc7ccccc67)n5)ccc4c3c2)cc1. The van der Waals surface area contributed by atoms with E-state index < -0.39 is 0 Å². The second kappa shape index (κ2) is 11.9. The fourth-order valence-corrected chi connectivity index (χ4v) is 7.18. The number of benzene rings is 8. The molecule has 0 unspecified atom stereocenters. The summed E-state index contributed by atoms with van der Waals surface area (Å²) in [5.41, 5.74) is 8.90. The third kappa shape index (κ3) is 5.13. The summed E-state index contributed by atoms with van der Waals surface area (Å²) in [7, 11) is 0. The fraction of sp³-hybridized carbons (Fsp3) is 0. The molecule has 0 radical (unpaired) electrons. The Labute approximate surface area is 294 Å². The third-order valence-electron chi connectivity index (χ3n) is 9.71. The molecular weight excluding hydrogens is 623 g/mol. The highest BCUT2D eigenvalue weighted by Gasteiger charge is 2.19. The first-order chi connectivity index (χ1) is 25.2. The van der Waals surface area contributed by atoms with Crippen molar-refractivity contribution in [2.75, 3.05) is 0 Å². The fourth-order valence-electron chi connectivity index (χ4n) is 7.18. The van der Waals surface area contributed by atoms with Crippen molar-refractivity contribution in [2.24, 2.45) is 0 Å². The zero-order chi connectivity index (χ0) is 33.7. The van der Waals surface area contributed by atoms with E-state index in [9.17, 15) is 0 Å². The second-order valence-corrected chi connectivity index (χ2v) is 12.8. The van der Waals surface area contributed by atoms with Gasteiger partial charge in [-0.15, -0.1) is 0 Å². The highest BCUT2D eigenvalue weighted by molar-refractivity contribution is 6.07. The van der Waals surface area contributed by atoms with Gasteiger partial charge in [0.05, 0.1) is 0 Å². The largest absolute Gasteiger partial charge is 0.456 e. The Balaban J connectivity index is 1.19. The van der Waals surface area contributed by atoms with Gasteiger partial charge in [0, 0.05) is 27.5 Å². The van der Waals surface area contributed by atoms with E-state index in [1.165, 1.54) is 16.3 Å². The number of fused-ring (bicyclic) bond motifs is 5. The molecule has 0 aliphatic carbocycles. The van der Waals surface area contributed by atoms with Crippen LogP contribution in [-0.4, -0.2) is 15.0 Å². The van der Waals surface area contributed by atoms with E-state index in [2.05, 4.69) is 140 Å². The molecule has 0 amide bonds. The monoisotopic (exact) mass is 651 g/mol. The molecule has 10 aromatic rings. The summed E-state index contributed by atoms with van der Waals surface area (Å²) in [6, 6.07) is 61.1. The van der Waals surface area contributed by atoms with Gasteiger partial charge < -0.3 is 4.42 Å². The molecule has 238 valence electrons. The standard InChI is InChI=1S/C47H29N3O/c1-3-12-30(13-4-1)35-23-25-43-41(27-35)39-24-22-36(29-44(39)51-43)46-48-45(32-15-5-2-6-16-32)49-47(50-46)42-28-34-18-8-7-17-33(34)26-40(42)38-21-11-19-31-14-9-10-20-37(31)38/h1-29H. The van der Waals surface area contributed by atoms with Crippen LogP contribution in [-0.2, 0) is 0 Å². The zero-order valence-corrected chi connectivity index (χ0v) is 27.5. The molecule has 2 heterocycles. The van der Waals surface area contributed by atoms with Crippen molar-refractivity contribution in [1.29, 1.82) is 0 Å². The van der Waals surface area contributed by atoms with Gasteiger partial charge in [-0.3, -0.25) is 0 Å². The number of hydrogen-bond acceptors (Lipinski definition) is 4. The van der Waals surface area contributed by atoms with Crippen LogP contribution in [0.5, 0.6) is 0 Å². The molecule has 0 saturated heterocycles. The Morgan fingerprint density at radius 3 is 1.69 bits per heavy atom. The van der Waals surface area contributed by atoms with Crippen LogP contribution in [0.15, 0.2) is 180 Å². The number of aromatic nitrogens is 3. The Bertz CT molecular complexity index is 2910. The van der Waals surface area contributed by atoms with Crippen LogP contribution in [0.4, 0.5) is 0 Å². The van der Waals surface area contributed by atoms with Gasteiger partial charge in [-0.05, 0) is 80.2 Å². The summed E-state index contributed by atoms with van der Waals surface area (Å²) in [4.78, 5) is 15.5. The lowest BCUT2D eigenvalue weighted by molar-refractivity contribution is 0.669. The maximum Gasteiger partial charge on any atom is 0.164 e. The van der Waals surface area contributed by atoms with Gasteiger partial charge in [-0.25, -0.2) is 15.0 Å². The zero-order valence-electron chi connectivity index (χ0n) is 27.5. The van der Waals surface area contributed by atoms with Crippen LogP contribution in [0.1, 0.15) is 0 Å². The highest BCUT2D eigenvalue weighted by Crippen LogP contribution is 2.40. The summed E-state index contributed by atoms with van der Waals surface area (Å²) in [6.45, 7) is 0. The minimum Gasteiger partial charge on any atom is -0.456 e. The normalized spacial score (nSPS) is 11.5. The van der Waals surface area contributed by atoms with Gasteiger partial charge in [-0.1, -0.05) is 140 Å². The lowest BCUT2D eigenvalue weighted by Gasteiger charge is -2.15. The van der Waals surface area contributed by atoms with Crippen molar-refractivity contribution < 1.29 is 4.42 Å². The first-order valence-electron chi connectivity index (χ1n) is 17.1. The molecule has 0 spiro atoms. The minimum atomic E-state index is 0.586. The summed E-state index contributed by atoms with van der Waals surface area (Å²) in [5.74, 6) is 1.82. The molecule has 4 nitrogen and oxygen atoms in total. The molecular formula is C47H29N3O. The molecule has 2 aromatic heterocycles. The quantitative estimate of drug-likeness (QED) is 0.186. The van der Waals surface area contributed by atoms with E-state index in [4.69, 9.17) is 19.4 Å². The molecule has 10 rings (SSSR count). The molecule has 4 heteroatoms. The Hall–Kier alpha value is -6.91. The van der Waals surface area contributed by atoms with E-state index in [0.717, 1.165) is 66.1 Å².